The minimum atomic E-state index is -0.217. The third-order valence-corrected chi connectivity index (χ3v) is 4.79. The highest BCUT2D eigenvalue weighted by Gasteiger charge is 2.04. The van der Waals surface area contributed by atoms with Crippen molar-refractivity contribution in [3.63, 3.8) is 0 Å². The second-order valence-electron chi connectivity index (χ2n) is 4.71. The molecule has 0 aliphatic rings. The van der Waals surface area contributed by atoms with Crippen LogP contribution in [0.4, 0.5) is 4.39 Å². The molecule has 0 aliphatic carbocycles. The van der Waals surface area contributed by atoms with Crippen molar-refractivity contribution in [3.8, 4) is 10.6 Å². The van der Waals surface area contributed by atoms with Crippen LogP contribution in [0.1, 0.15) is 11.3 Å². The summed E-state index contributed by atoms with van der Waals surface area (Å²) in [5, 5.41) is 10.7. The van der Waals surface area contributed by atoms with Gasteiger partial charge in [0.15, 0.2) is 0 Å². The van der Waals surface area contributed by atoms with E-state index in [0.29, 0.717) is 0 Å². The van der Waals surface area contributed by atoms with Crippen LogP contribution < -0.4 is 5.32 Å². The van der Waals surface area contributed by atoms with Crippen molar-refractivity contribution >= 4 is 22.7 Å². The number of benzene rings is 1. The van der Waals surface area contributed by atoms with E-state index in [1.165, 1.54) is 17.7 Å². The van der Waals surface area contributed by atoms with Gasteiger partial charge in [-0.15, -0.1) is 11.3 Å². The predicted octanol–water partition coefficient (Wildman–Crippen LogP) is 4.34. The first-order chi connectivity index (χ1) is 10.3. The van der Waals surface area contributed by atoms with Crippen LogP contribution in [-0.4, -0.2) is 11.5 Å². The molecule has 0 saturated heterocycles. The summed E-state index contributed by atoms with van der Waals surface area (Å²) >= 11 is 3.32. The van der Waals surface area contributed by atoms with E-state index in [2.05, 4.69) is 32.5 Å². The van der Waals surface area contributed by atoms with Crippen molar-refractivity contribution in [2.24, 2.45) is 0 Å². The third-order valence-electron chi connectivity index (χ3n) is 3.12. The third kappa shape index (κ3) is 3.97. The molecule has 1 aromatic carbocycles. The minimum Gasteiger partial charge on any atom is -0.311 e. The smallest absolute Gasteiger partial charge is 0.123 e. The molecule has 0 unspecified atom stereocenters. The van der Waals surface area contributed by atoms with Crippen LogP contribution >= 0.6 is 22.7 Å². The molecule has 5 heteroatoms. The number of hydrogen-bond donors (Lipinski definition) is 1. The van der Waals surface area contributed by atoms with Crippen LogP contribution in [0, 0.1) is 5.82 Å². The van der Waals surface area contributed by atoms with Crippen molar-refractivity contribution in [3.05, 3.63) is 63.5 Å². The van der Waals surface area contributed by atoms with Crippen LogP contribution in [-0.2, 0) is 13.0 Å². The van der Waals surface area contributed by atoms with Crippen LogP contribution in [0.5, 0.6) is 0 Å². The van der Waals surface area contributed by atoms with Crippen molar-refractivity contribution in [1.82, 2.24) is 10.3 Å². The lowest BCUT2D eigenvalue weighted by atomic mass is 10.2. The molecule has 21 heavy (non-hydrogen) atoms. The van der Waals surface area contributed by atoms with Gasteiger partial charge in [0.1, 0.15) is 10.8 Å². The summed E-state index contributed by atoms with van der Waals surface area (Å²) in [6.45, 7) is 1.71. The van der Waals surface area contributed by atoms with Gasteiger partial charge >= 0.3 is 0 Å². The number of rotatable bonds is 6. The Labute approximate surface area is 131 Å². The molecule has 0 spiro atoms. The number of aromatic nitrogens is 1. The van der Waals surface area contributed by atoms with E-state index in [1.807, 2.05) is 0 Å². The van der Waals surface area contributed by atoms with Gasteiger partial charge in [0.2, 0.25) is 0 Å². The molecule has 3 rings (SSSR count). The van der Waals surface area contributed by atoms with E-state index in [1.54, 1.807) is 34.8 Å². The zero-order valence-corrected chi connectivity index (χ0v) is 13.0. The molecule has 0 amide bonds. The molecule has 0 atom stereocenters. The van der Waals surface area contributed by atoms with Crippen molar-refractivity contribution in [2.75, 3.05) is 6.54 Å². The second-order valence-corrected chi connectivity index (χ2v) is 6.35. The van der Waals surface area contributed by atoms with E-state index in [4.69, 9.17) is 0 Å². The summed E-state index contributed by atoms with van der Waals surface area (Å²) in [7, 11) is 0. The van der Waals surface area contributed by atoms with Gasteiger partial charge in [0.25, 0.3) is 0 Å². The molecule has 0 radical (unpaired) electrons. The van der Waals surface area contributed by atoms with Gasteiger partial charge < -0.3 is 5.32 Å². The average Bonchev–Trinajstić information content (AvgIpc) is 3.16. The van der Waals surface area contributed by atoms with E-state index in [9.17, 15) is 4.39 Å². The van der Waals surface area contributed by atoms with Gasteiger partial charge in [-0.3, -0.25) is 0 Å². The van der Waals surface area contributed by atoms with Gasteiger partial charge in [-0.05, 0) is 59.6 Å². The highest BCUT2D eigenvalue weighted by Crippen LogP contribution is 2.23. The first-order valence-electron chi connectivity index (χ1n) is 6.73. The Kier molecular flexibility index (Phi) is 4.75. The topological polar surface area (TPSA) is 24.9 Å². The largest absolute Gasteiger partial charge is 0.311 e. The molecule has 0 bridgehead atoms. The van der Waals surface area contributed by atoms with Gasteiger partial charge in [-0.25, -0.2) is 9.37 Å². The molecule has 0 aliphatic heterocycles. The van der Waals surface area contributed by atoms with E-state index in [-0.39, 0.29) is 5.82 Å². The maximum absolute atomic E-state index is 12.9. The predicted molar refractivity (Wildman–Crippen MR) is 87.2 cm³/mol. The molecule has 1 N–H and O–H groups in total. The molecule has 0 fully saturated rings. The SMILES string of the molecule is Fc1ccc(-c2nc(CNCCc3ccsc3)cs2)cc1. The summed E-state index contributed by atoms with van der Waals surface area (Å²) in [5.41, 5.74) is 3.37. The number of halogens is 1. The summed E-state index contributed by atoms with van der Waals surface area (Å²) < 4.78 is 12.9. The van der Waals surface area contributed by atoms with Gasteiger partial charge in [0.05, 0.1) is 5.69 Å². The first-order valence-corrected chi connectivity index (χ1v) is 8.55. The van der Waals surface area contributed by atoms with Crippen molar-refractivity contribution in [2.45, 2.75) is 13.0 Å². The minimum absolute atomic E-state index is 0.217. The number of thiazole rings is 1. The van der Waals surface area contributed by atoms with E-state index < -0.39 is 0 Å². The molecule has 2 aromatic heterocycles. The summed E-state index contributed by atoms with van der Waals surface area (Å²) in [6, 6.07) is 8.62. The van der Waals surface area contributed by atoms with Gasteiger partial charge in [0, 0.05) is 17.5 Å². The highest BCUT2D eigenvalue weighted by atomic mass is 32.1. The molecule has 0 saturated carbocycles. The highest BCUT2D eigenvalue weighted by molar-refractivity contribution is 7.13. The molecule has 2 nitrogen and oxygen atoms in total. The first kappa shape index (κ1) is 14.4. The second kappa shape index (κ2) is 6.93. The maximum Gasteiger partial charge on any atom is 0.123 e. The summed E-state index contributed by atoms with van der Waals surface area (Å²) in [5.74, 6) is -0.217. The molecule has 3 aromatic rings. The normalized spacial score (nSPS) is 10.9. The number of nitrogens with zero attached hydrogens (tertiary/aromatic N) is 1. The maximum atomic E-state index is 12.9. The lowest BCUT2D eigenvalue weighted by Crippen LogP contribution is -2.16. The van der Waals surface area contributed by atoms with Gasteiger partial charge in [-0.1, -0.05) is 0 Å². The van der Waals surface area contributed by atoms with Crippen LogP contribution in [0.25, 0.3) is 10.6 Å². The molecular formula is C16H15FN2S2. The Hall–Kier alpha value is -1.56. The Morgan fingerprint density at radius 2 is 1.95 bits per heavy atom. The zero-order chi connectivity index (χ0) is 14.5. The van der Waals surface area contributed by atoms with Crippen molar-refractivity contribution in [1.29, 1.82) is 0 Å². The van der Waals surface area contributed by atoms with Gasteiger partial charge in [-0.2, -0.15) is 11.3 Å². The Bertz CT molecular complexity index is 675. The van der Waals surface area contributed by atoms with Crippen LogP contribution in [0.15, 0.2) is 46.5 Å². The number of nitrogens with one attached hydrogen (secondary N) is 1. The molecular weight excluding hydrogens is 303 g/mol. The Morgan fingerprint density at radius 1 is 1.10 bits per heavy atom. The van der Waals surface area contributed by atoms with E-state index in [0.717, 1.165) is 35.8 Å². The number of hydrogen-bond acceptors (Lipinski definition) is 4. The average molecular weight is 318 g/mol. The fourth-order valence-electron chi connectivity index (χ4n) is 2.00. The quantitative estimate of drug-likeness (QED) is 0.684. The Balaban J connectivity index is 1.52. The van der Waals surface area contributed by atoms with Crippen LogP contribution in [0.2, 0.25) is 0 Å². The lowest BCUT2D eigenvalue weighted by Gasteiger charge is -2.01. The molecule has 108 valence electrons. The summed E-state index contributed by atoms with van der Waals surface area (Å²) in [6.07, 6.45) is 1.04. The molecule has 2 heterocycles. The number of thiophene rings is 1. The summed E-state index contributed by atoms with van der Waals surface area (Å²) in [4.78, 5) is 4.58. The van der Waals surface area contributed by atoms with E-state index >= 15 is 0 Å². The standard InChI is InChI=1S/C16H15FN2S2/c17-14-3-1-13(2-4-14)16-19-15(11-21-16)9-18-7-5-12-6-8-20-10-12/h1-4,6,8,10-11,18H,5,7,9H2. The Morgan fingerprint density at radius 3 is 2.71 bits per heavy atom. The van der Waals surface area contributed by atoms with Crippen LogP contribution in [0.3, 0.4) is 0 Å². The fraction of sp³-hybridized carbons (Fsp3) is 0.188. The van der Waals surface area contributed by atoms with Crippen molar-refractivity contribution < 1.29 is 4.39 Å². The lowest BCUT2D eigenvalue weighted by molar-refractivity contribution is 0.628. The fourth-order valence-corrected chi connectivity index (χ4v) is 3.53. The monoisotopic (exact) mass is 318 g/mol. The zero-order valence-electron chi connectivity index (χ0n) is 11.4.